The lowest BCUT2D eigenvalue weighted by Gasteiger charge is -2.28. The van der Waals surface area contributed by atoms with Crippen molar-refractivity contribution in [1.29, 1.82) is 0 Å². The molecule has 1 unspecified atom stereocenters. The predicted octanol–water partition coefficient (Wildman–Crippen LogP) is 3.25. The molecule has 0 saturated heterocycles. The molecule has 164 valence electrons. The normalized spacial score (nSPS) is 12.6. The zero-order valence-electron chi connectivity index (χ0n) is 16.4. The van der Waals surface area contributed by atoms with Crippen molar-refractivity contribution < 1.29 is 27.2 Å². The van der Waals surface area contributed by atoms with E-state index in [0.29, 0.717) is 17.0 Å². The molecule has 2 heterocycles. The van der Waals surface area contributed by atoms with Crippen LogP contribution in [0.25, 0.3) is 10.9 Å². The highest BCUT2D eigenvalue weighted by atomic mass is 19.4. The maximum atomic E-state index is 14.3. The number of nitrogens with two attached hydrogens (primary N) is 1. The van der Waals surface area contributed by atoms with Crippen LogP contribution < -0.4 is 11.1 Å². The van der Waals surface area contributed by atoms with E-state index >= 15 is 0 Å². The van der Waals surface area contributed by atoms with Gasteiger partial charge in [-0.3, -0.25) is 14.7 Å². The molecule has 1 atom stereocenters. The van der Waals surface area contributed by atoms with Crippen LogP contribution in [0, 0.1) is 5.82 Å². The van der Waals surface area contributed by atoms with Crippen LogP contribution in [0.15, 0.2) is 30.6 Å². The Morgan fingerprint density at radius 3 is 2.61 bits per heavy atom. The Morgan fingerprint density at radius 2 is 2.00 bits per heavy atom. The monoisotopic (exact) mass is 438 g/mol. The lowest BCUT2D eigenvalue weighted by molar-refractivity contribution is -0.144. The third-order valence-corrected chi connectivity index (χ3v) is 4.81. The van der Waals surface area contributed by atoms with E-state index in [9.17, 15) is 27.2 Å². The lowest BCUT2D eigenvalue weighted by Crippen LogP contribution is -2.41. The van der Waals surface area contributed by atoms with Gasteiger partial charge in [0.15, 0.2) is 0 Å². The molecule has 2 amide bonds. The molecular formula is C19H18F4N6O2. The van der Waals surface area contributed by atoms with Gasteiger partial charge in [-0.25, -0.2) is 9.37 Å². The minimum Gasteiger partial charge on any atom is -0.383 e. The van der Waals surface area contributed by atoms with Gasteiger partial charge in [-0.2, -0.15) is 18.3 Å². The average molecular weight is 438 g/mol. The molecule has 3 aromatic rings. The molecule has 0 saturated carbocycles. The quantitative estimate of drug-likeness (QED) is 0.427. The molecule has 2 aromatic heterocycles. The molecule has 0 aliphatic heterocycles. The first kappa shape index (κ1) is 22.0. The fraction of sp³-hybridized carbons (Fsp3) is 0.263. The summed E-state index contributed by atoms with van der Waals surface area (Å²) in [5.41, 5.74) is 4.94. The molecule has 0 aliphatic rings. The summed E-state index contributed by atoms with van der Waals surface area (Å²) in [5.74, 6) is -2.99. The summed E-state index contributed by atoms with van der Waals surface area (Å²) in [6.45, 7) is 2.98. The van der Waals surface area contributed by atoms with Crippen LogP contribution in [0.2, 0.25) is 0 Å². The smallest absolute Gasteiger partial charge is 0.383 e. The van der Waals surface area contributed by atoms with E-state index in [1.807, 2.05) is 0 Å². The number of halogens is 4. The van der Waals surface area contributed by atoms with Crippen LogP contribution >= 0.6 is 0 Å². The molecule has 4 N–H and O–H groups in total. The minimum absolute atomic E-state index is 0.00728. The first-order chi connectivity index (χ1) is 14.5. The molecule has 0 fully saturated rings. The number of nitrogens with one attached hydrogen (secondary N) is 2. The molecule has 0 bridgehead atoms. The van der Waals surface area contributed by atoms with Crippen LogP contribution in [-0.4, -0.2) is 38.4 Å². The molecule has 1 aromatic carbocycles. The molecule has 8 nitrogen and oxygen atoms in total. The first-order valence-corrected chi connectivity index (χ1v) is 9.10. The molecule has 3 rings (SSSR count). The molecule has 12 heteroatoms. The maximum Gasteiger partial charge on any atom is 0.416 e. The predicted molar refractivity (Wildman–Crippen MR) is 104 cm³/mol. The number of benzene rings is 1. The topological polar surface area (TPSA) is 117 Å². The Morgan fingerprint density at radius 1 is 1.29 bits per heavy atom. The second kappa shape index (κ2) is 8.20. The number of rotatable bonds is 4. The van der Waals surface area contributed by atoms with Crippen LogP contribution in [0.3, 0.4) is 0 Å². The van der Waals surface area contributed by atoms with E-state index in [1.165, 1.54) is 19.3 Å². The highest BCUT2D eigenvalue weighted by molar-refractivity contribution is 6.40. The largest absolute Gasteiger partial charge is 0.416 e. The SMILES string of the molecule is CCN(C(=O)C(=O)Nc1cnc(N)c2cn[nH]c12)C(C)c1ccc(C(F)(F)F)cc1F. The number of nitrogen functional groups attached to an aromatic ring is 1. The first-order valence-electron chi connectivity index (χ1n) is 9.10. The summed E-state index contributed by atoms with van der Waals surface area (Å²) < 4.78 is 52.7. The number of likely N-dealkylation sites (N-methyl/N-ethyl adjacent to an activating group) is 1. The van der Waals surface area contributed by atoms with Crippen molar-refractivity contribution in [2.45, 2.75) is 26.1 Å². The van der Waals surface area contributed by atoms with Gasteiger partial charge in [0.1, 0.15) is 11.6 Å². The van der Waals surface area contributed by atoms with Crippen LogP contribution in [-0.2, 0) is 15.8 Å². The molecule has 0 spiro atoms. The Kier molecular flexibility index (Phi) is 5.82. The van der Waals surface area contributed by atoms with Crippen molar-refractivity contribution >= 4 is 34.2 Å². The number of aromatic nitrogens is 3. The number of H-pyrrole nitrogens is 1. The maximum absolute atomic E-state index is 14.3. The van der Waals surface area contributed by atoms with E-state index in [2.05, 4.69) is 20.5 Å². The third-order valence-electron chi connectivity index (χ3n) is 4.81. The number of carbonyl (C=O) groups excluding carboxylic acids is 2. The van der Waals surface area contributed by atoms with E-state index in [4.69, 9.17) is 5.73 Å². The van der Waals surface area contributed by atoms with Gasteiger partial charge in [0.2, 0.25) is 0 Å². The number of alkyl halides is 3. The second-order valence-corrected chi connectivity index (χ2v) is 6.67. The number of anilines is 2. The van der Waals surface area contributed by atoms with Gasteiger partial charge >= 0.3 is 18.0 Å². The van der Waals surface area contributed by atoms with Crippen molar-refractivity contribution in [2.75, 3.05) is 17.6 Å². The number of hydrogen-bond donors (Lipinski definition) is 3. The Hall–Kier alpha value is -3.70. The van der Waals surface area contributed by atoms with Gasteiger partial charge in [-0.1, -0.05) is 6.07 Å². The van der Waals surface area contributed by atoms with E-state index < -0.39 is 35.4 Å². The van der Waals surface area contributed by atoms with Crippen molar-refractivity contribution in [3.05, 3.63) is 47.5 Å². The Bertz CT molecular complexity index is 1140. The molecule has 0 radical (unpaired) electrons. The van der Waals surface area contributed by atoms with Gasteiger partial charge in [-0.05, 0) is 26.0 Å². The Balaban J connectivity index is 1.83. The molecular weight excluding hydrogens is 420 g/mol. The number of carbonyl (C=O) groups is 2. The highest BCUT2D eigenvalue weighted by Gasteiger charge is 2.33. The molecule has 0 aliphatic carbocycles. The second-order valence-electron chi connectivity index (χ2n) is 6.67. The number of nitrogens with zero attached hydrogens (tertiary/aromatic N) is 3. The zero-order chi connectivity index (χ0) is 22.9. The van der Waals surface area contributed by atoms with Gasteiger partial charge in [0.05, 0.1) is 40.6 Å². The average Bonchev–Trinajstić information content (AvgIpc) is 3.20. The summed E-state index contributed by atoms with van der Waals surface area (Å²) >= 11 is 0. The number of hydrogen-bond acceptors (Lipinski definition) is 5. The van der Waals surface area contributed by atoms with Gasteiger partial charge in [0.25, 0.3) is 0 Å². The van der Waals surface area contributed by atoms with Gasteiger partial charge < -0.3 is 16.0 Å². The molecule has 31 heavy (non-hydrogen) atoms. The minimum atomic E-state index is -4.70. The fourth-order valence-electron chi connectivity index (χ4n) is 3.16. The van der Waals surface area contributed by atoms with Gasteiger partial charge in [-0.15, -0.1) is 0 Å². The van der Waals surface area contributed by atoms with Crippen LogP contribution in [0.1, 0.15) is 31.0 Å². The van der Waals surface area contributed by atoms with Gasteiger partial charge in [0, 0.05) is 12.1 Å². The van der Waals surface area contributed by atoms with Crippen molar-refractivity contribution in [3.8, 4) is 0 Å². The fourth-order valence-corrected chi connectivity index (χ4v) is 3.16. The summed E-state index contributed by atoms with van der Waals surface area (Å²) in [4.78, 5) is 30.2. The summed E-state index contributed by atoms with van der Waals surface area (Å²) in [6.07, 6.45) is -2.05. The number of amides is 2. The van der Waals surface area contributed by atoms with E-state index in [0.717, 1.165) is 17.0 Å². The summed E-state index contributed by atoms with van der Waals surface area (Å²) in [5, 5.41) is 9.30. The third kappa shape index (κ3) is 4.27. The van der Waals surface area contributed by atoms with E-state index in [-0.39, 0.29) is 23.6 Å². The van der Waals surface area contributed by atoms with Crippen LogP contribution in [0.5, 0.6) is 0 Å². The van der Waals surface area contributed by atoms with Crippen LogP contribution in [0.4, 0.5) is 29.1 Å². The standard InChI is InChI=1S/C19H18F4N6O2/c1-3-29(9(2)11-5-4-10(6-13(11)20)19(21,22)23)18(31)17(30)27-14-8-25-16(24)12-7-26-28-15(12)14/h4-9H,3H2,1-2H3,(H2,24,25)(H,26,28)(H,27,30). The van der Waals surface area contributed by atoms with Crippen molar-refractivity contribution in [3.63, 3.8) is 0 Å². The summed E-state index contributed by atoms with van der Waals surface area (Å²) in [7, 11) is 0. The van der Waals surface area contributed by atoms with E-state index in [1.54, 1.807) is 6.92 Å². The number of aromatic amines is 1. The number of fused-ring (bicyclic) bond motifs is 1. The highest BCUT2D eigenvalue weighted by Crippen LogP contribution is 2.32. The summed E-state index contributed by atoms with van der Waals surface area (Å²) in [6, 6.07) is 1.04. The van der Waals surface area contributed by atoms with Crippen molar-refractivity contribution in [2.24, 2.45) is 0 Å². The van der Waals surface area contributed by atoms with Crippen molar-refractivity contribution in [1.82, 2.24) is 20.1 Å². The zero-order valence-corrected chi connectivity index (χ0v) is 16.4. The lowest BCUT2D eigenvalue weighted by atomic mass is 10.0. The Labute approximate surface area is 173 Å². The number of pyridine rings is 1.